The molecule has 0 aliphatic carbocycles. The SMILES string of the molecule is CN(C)C(=N)c1ccc(Nc2ccccc2C(=O)Nc2ccc(C(F)(F)F)cc2)c(F)c1. The Morgan fingerprint density at radius 3 is 2.19 bits per heavy atom. The molecule has 0 unspecified atom stereocenters. The Morgan fingerprint density at radius 1 is 0.938 bits per heavy atom. The van der Waals surface area contributed by atoms with Crippen molar-refractivity contribution in [1.29, 1.82) is 5.41 Å². The van der Waals surface area contributed by atoms with Gasteiger partial charge in [-0.25, -0.2) is 4.39 Å². The molecule has 0 saturated heterocycles. The molecule has 9 heteroatoms. The minimum absolute atomic E-state index is 0.107. The zero-order valence-corrected chi connectivity index (χ0v) is 17.2. The molecule has 32 heavy (non-hydrogen) atoms. The summed E-state index contributed by atoms with van der Waals surface area (Å²) < 4.78 is 52.7. The maximum atomic E-state index is 14.6. The largest absolute Gasteiger partial charge is 0.416 e. The Hall–Kier alpha value is -3.88. The summed E-state index contributed by atoms with van der Waals surface area (Å²) in [7, 11) is 3.36. The number of hydrogen-bond donors (Lipinski definition) is 3. The van der Waals surface area contributed by atoms with Gasteiger partial charge in [0.2, 0.25) is 0 Å². The fourth-order valence-corrected chi connectivity index (χ4v) is 2.90. The van der Waals surface area contributed by atoms with E-state index in [0.29, 0.717) is 11.3 Å². The highest BCUT2D eigenvalue weighted by molar-refractivity contribution is 6.08. The van der Waals surface area contributed by atoms with Gasteiger partial charge in [0.05, 0.1) is 22.5 Å². The standard InChI is InChI=1S/C23H20F4N4O/c1-31(2)21(28)14-7-12-20(18(24)13-14)30-19-6-4-3-5-17(19)22(32)29-16-10-8-15(9-11-16)23(25,26)27/h3-13,28,30H,1-2H3,(H,29,32). The van der Waals surface area contributed by atoms with Gasteiger partial charge in [0.25, 0.3) is 5.91 Å². The molecule has 0 heterocycles. The van der Waals surface area contributed by atoms with E-state index in [-0.39, 0.29) is 22.8 Å². The normalized spacial score (nSPS) is 11.1. The molecule has 0 aromatic heterocycles. The van der Waals surface area contributed by atoms with Crippen LogP contribution >= 0.6 is 0 Å². The van der Waals surface area contributed by atoms with Crippen LogP contribution in [-0.4, -0.2) is 30.7 Å². The van der Waals surface area contributed by atoms with Crippen LogP contribution in [-0.2, 0) is 6.18 Å². The molecule has 166 valence electrons. The first-order valence-electron chi connectivity index (χ1n) is 9.46. The van der Waals surface area contributed by atoms with E-state index in [9.17, 15) is 22.4 Å². The van der Waals surface area contributed by atoms with E-state index in [1.54, 1.807) is 43.3 Å². The molecular formula is C23H20F4N4O. The molecule has 0 bridgehead atoms. The monoisotopic (exact) mass is 444 g/mol. The van der Waals surface area contributed by atoms with Crippen molar-refractivity contribution in [3.05, 3.63) is 89.2 Å². The number of anilines is 3. The van der Waals surface area contributed by atoms with E-state index >= 15 is 0 Å². The van der Waals surface area contributed by atoms with Crippen LogP contribution in [0.4, 0.5) is 34.6 Å². The molecule has 0 spiro atoms. The van der Waals surface area contributed by atoms with Crippen molar-refractivity contribution in [1.82, 2.24) is 4.90 Å². The van der Waals surface area contributed by atoms with Crippen molar-refractivity contribution in [3.8, 4) is 0 Å². The summed E-state index contributed by atoms with van der Waals surface area (Å²) in [5.41, 5.74) is 0.360. The van der Waals surface area contributed by atoms with E-state index in [0.717, 1.165) is 24.3 Å². The fourth-order valence-electron chi connectivity index (χ4n) is 2.90. The molecule has 3 N–H and O–H groups in total. The molecule has 3 rings (SSSR count). The van der Waals surface area contributed by atoms with Gasteiger partial charge in [0.15, 0.2) is 0 Å². The number of carbonyl (C=O) groups excluding carboxylic acids is 1. The number of para-hydroxylation sites is 1. The quantitative estimate of drug-likeness (QED) is 0.268. The second-order valence-electron chi connectivity index (χ2n) is 7.14. The van der Waals surface area contributed by atoms with E-state index in [2.05, 4.69) is 10.6 Å². The molecule has 0 fully saturated rings. The summed E-state index contributed by atoms with van der Waals surface area (Å²) in [5.74, 6) is -1.03. The third-order valence-corrected chi connectivity index (χ3v) is 4.60. The smallest absolute Gasteiger partial charge is 0.363 e. The van der Waals surface area contributed by atoms with E-state index in [1.807, 2.05) is 0 Å². The van der Waals surface area contributed by atoms with E-state index in [4.69, 9.17) is 5.41 Å². The number of rotatable bonds is 5. The molecule has 0 atom stereocenters. The van der Waals surface area contributed by atoms with Crippen molar-refractivity contribution in [3.63, 3.8) is 0 Å². The van der Waals surface area contributed by atoms with Crippen LogP contribution in [0, 0.1) is 11.2 Å². The summed E-state index contributed by atoms with van der Waals surface area (Å²) >= 11 is 0. The van der Waals surface area contributed by atoms with Crippen LogP contribution in [0.15, 0.2) is 66.7 Å². The minimum Gasteiger partial charge on any atom is -0.363 e. The maximum absolute atomic E-state index is 14.6. The van der Waals surface area contributed by atoms with Gasteiger partial charge in [0, 0.05) is 25.3 Å². The Bertz CT molecular complexity index is 1140. The molecule has 1 amide bonds. The summed E-state index contributed by atoms with van der Waals surface area (Å²) in [5, 5.41) is 13.3. The second-order valence-corrected chi connectivity index (χ2v) is 7.14. The van der Waals surface area contributed by atoms with Gasteiger partial charge in [0.1, 0.15) is 11.7 Å². The molecule has 0 saturated carbocycles. The average Bonchev–Trinajstić information content (AvgIpc) is 2.74. The lowest BCUT2D eigenvalue weighted by molar-refractivity contribution is -0.137. The van der Waals surface area contributed by atoms with E-state index in [1.165, 1.54) is 18.2 Å². The number of hydrogen-bond acceptors (Lipinski definition) is 3. The van der Waals surface area contributed by atoms with Crippen LogP contribution in [0.3, 0.4) is 0 Å². The Labute approximate surface area is 182 Å². The van der Waals surface area contributed by atoms with Gasteiger partial charge in [-0.15, -0.1) is 0 Å². The van der Waals surface area contributed by atoms with Gasteiger partial charge < -0.3 is 15.5 Å². The zero-order chi connectivity index (χ0) is 23.5. The summed E-state index contributed by atoms with van der Waals surface area (Å²) in [4.78, 5) is 14.3. The van der Waals surface area contributed by atoms with Crippen LogP contribution in [0.2, 0.25) is 0 Å². The first kappa shape index (κ1) is 22.8. The lowest BCUT2D eigenvalue weighted by Crippen LogP contribution is -2.21. The maximum Gasteiger partial charge on any atom is 0.416 e. The van der Waals surface area contributed by atoms with Gasteiger partial charge in [-0.3, -0.25) is 10.2 Å². The van der Waals surface area contributed by atoms with Crippen molar-refractivity contribution < 1.29 is 22.4 Å². The molecule has 3 aromatic carbocycles. The van der Waals surface area contributed by atoms with E-state index < -0.39 is 23.5 Å². The number of alkyl halides is 3. The average molecular weight is 444 g/mol. The Morgan fingerprint density at radius 2 is 1.59 bits per heavy atom. The molecule has 3 aromatic rings. The topological polar surface area (TPSA) is 68.2 Å². The Balaban J connectivity index is 1.80. The molecule has 0 aliphatic heterocycles. The third-order valence-electron chi connectivity index (χ3n) is 4.60. The number of nitrogens with zero attached hydrogens (tertiary/aromatic N) is 1. The van der Waals surface area contributed by atoms with Gasteiger partial charge in [-0.1, -0.05) is 12.1 Å². The predicted octanol–water partition coefficient (Wildman–Crippen LogP) is 5.73. The van der Waals surface area contributed by atoms with Crippen LogP contribution in [0.25, 0.3) is 0 Å². The number of amides is 1. The highest BCUT2D eigenvalue weighted by atomic mass is 19.4. The first-order valence-corrected chi connectivity index (χ1v) is 9.46. The van der Waals surface area contributed by atoms with Crippen molar-refractivity contribution >= 4 is 28.8 Å². The first-order chi connectivity index (χ1) is 15.1. The highest BCUT2D eigenvalue weighted by Crippen LogP contribution is 2.30. The predicted molar refractivity (Wildman–Crippen MR) is 116 cm³/mol. The fraction of sp³-hybridized carbons (Fsp3) is 0.130. The number of halogens is 4. The van der Waals surface area contributed by atoms with Gasteiger partial charge >= 0.3 is 6.18 Å². The lowest BCUT2D eigenvalue weighted by Gasteiger charge is -2.16. The summed E-state index contributed by atoms with van der Waals surface area (Å²) in [6.07, 6.45) is -4.47. The highest BCUT2D eigenvalue weighted by Gasteiger charge is 2.30. The number of nitrogens with one attached hydrogen (secondary N) is 3. The second kappa shape index (κ2) is 9.09. The molecule has 0 aliphatic rings. The molecule has 5 nitrogen and oxygen atoms in total. The summed E-state index contributed by atoms with van der Waals surface area (Å²) in [6, 6.07) is 14.7. The number of benzene rings is 3. The van der Waals surface area contributed by atoms with Gasteiger partial charge in [-0.2, -0.15) is 13.2 Å². The molecule has 0 radical (unpaired) electrons. The minimum atomic E-state index is -4.47. The van der Waals surface area contributed by atoms with Crippen molar-refractivity contribution in [2.24, 2.45) is 0 Å². The zero-order valence-electron chi connectivity index (χ0n) is 17.2. The van der Waals surface area contributed by atoms with Crippen molar-refractivity contribution in [2.45, 2.75) is 6.18 Å². The number of carbonyl (C=O) groups is 1. The van der Waals surface area contributed by atoms with Crippen molar-refractivity contribution in [2.75, 3.05) is 24.7 Å². The molecular weight excluding hydrogens is 424 g/mol. The third kappa shape index (κ3) is 5.23. The van der Waals surface area contributed by atoms with Crippen LogP contribution < -0.4 is 10.6 Å². The van der Waals surface area contributed by atoms with Crippen LogP contribution in [0.5, 0.6) is 0 Å². The van der Waals surface area contributed by atoms with Gasteiger partial charge in [-0.05, 0) is 54.6 Å². The lowest BCUT2D eigenvalue weighted by atomic mass is 10.1. The van der Waals surface area contributed by atoms with Crippen LogP contribution in [0.1, 0.15) is 21.5 Å². The summed E-state index contributed by atoms with van der Waals surface area (Å²) in [6.45, 7) is 0. The number of amidine groups is 1. The Kier molecular flexibility index (Phi) is 6.47.